The van der Waals surface area contributed by atoms with Crippen LogP contribution in [0.3, 0.4) is 0 Å². The topological polar surface area (TPSA) is 35.1 Å². The van der Waals surface area contributed by atoms with Gasteiger partial charge in [0.15, 0.2) is 0 Å². The van der Waals surface area contributed by atoms with Gasteiger partial charge in [-0.15, -0.1) is 0 Å². The van der Waals surface area contributed by atoms with E-state index in [1.165, 1.54) is 66.1 Å². The van der Waals surface area contributed by atoms with E-state index in [1.807, 2.05) is 0 Å². The van der Waals surface area contributed by atoms with E-state index < -0.39 is 0 Å². The van der Waals surface area contributed by atoms with Gasteiger partial charge >= 0.3 is 0 Å². The van der Waals surface area contributed by atoms with E-state index in [4.69, 9.17) is 9.97 Å². The number of rotatable bonds is 3. The Labute approximate surface area is 317 Å². The van der Waals surface area contributed by atoms with E-state index in [0.29, 0.717) is 0 Å². The molecule has 0 saturated carbocycles. The zero-order valence-electron chi connectivity index (χ0n) is 30.5. The van der Waals surface area contributed by atoms with Crippen LogP contribution in [0.2, 0.25) is 0 Å². The Balaban J connectivity index is 1.03. The lowest BCUT2D eigenvalue weighted by atomic mass is 9.80. The second-order valence-electron chi connectivity index (χ2n) is 15.5. The molecule has 1 aliphatic rings. The molecular weight excluding hydrogens is 669 g/mol. The second kappa shape index (κ2) is 11.0. The molecule has 1 aliphatic carbocycles. The van der Waals surface area contributed by atoms with E-state index in [0.717, 1.165) is 44.6 Å². The van der Waals surface area contributed by atoms with Crippen LogP contribution in [0.25, 0.3) is 99.5 Å². The van der Waals surface area contributed by atoms with Crippen molar-refractivity contribution in [3.05, 3.63) is 181 Å². The molecule has 4 nitrogen and oxygen atoms in total. The van der Waals surface area contributed by atoms with Crippen molar-refractivity contribution in [1.82, 2.24) is 18.9 Å². The summed E-state index contributed by atoms with van der Waals surface area (Å²) in [6, 6.07) is 61.8. The van der Waals surface area contributed by atoms with Gasteiger partial charge in [0.25, 0.3) is 0 Å². The maximum Gasteiger partial charge on any atom is 0.221 e. The van der Waals surface area contributed by atoms with Crippen LogP contribution in [0, 0.1) is 0 Å². The number of hydrogen-bond acceptors (Lipinski definition) is 2. The summed E-state index contributed by atoms with van der Waals surface area (Å²) in [7, 11) is 0. The third-order valence-corrected chi connectivity index (χ3v) is 12.1. The lowest BCUT2D eigenvalue weighted by molar-refractivity contribution is 0.661. The van der Waals surface area contributed by atoms with Crippen molar-refractivity contribution in [2.24, 2.45) is 0 Å². The van der Waals surface area contributed by atoms with Gasteiger partial charge in [-0.3, -0.25) is 8.97 Å². The van der Waals surface area contributed by atoms with E-state index >= 15 is 0 Å². The minimum atomic E-state index is -0.157. The molecule has 0 bridgehead atoms. The van der Waals surface area contributed by atoms with Gasteiger partial charge < -0.3 is 0 Å². The van der Waals surface area contributed by atoms with Crippen molar-refractivity contribution < 1.29 is 0 Å². The summed E-state index contributed by atoms with van der Waals surface area (Å²) in [4.78, 5) is 10.5. The molecule has 8 aromatic carbocycles. The quantitative estimate of drug-likeness (QED) is 0.184. The first-order chi connectivity index (χ1) is 27.0. The number of nitrogens with zero attached hydrogens (tertiary/aromatic N) is 4. The Morgan fingerprint density at radius 2 is 0.982 bits per heavy atom. The molecular formula is C51H34N4. The van der Waals surface area contributed by atoms with Gasteiger partial charge in [-0.2, -0.15) is 0 Å². The third-order valence-electron chi connectivity index (χ3n) is 12.1. The Hall–Kier alpha value is -7.04. The molecule has 258 valence electrons. The van der Waals surface area contributed by atoms with Gasteiger partial charge in [-0.1, -0.05) is 129 Å². The first kappa shape index (κ1) is 30.4. The van der Waals surface area contributed by atoms with E-state index in [2.05, 4.69) is 193 Å². The van der Waals surface area contributed by atoms with E-state index in [1.54, 1.807) is 0 Å². The van der Waals surface area contributed by atoms with Crippen LogP contribution in [0.1, 0.15) is 25.0 Å². The summed E-state index contributed by atoms with van der Waals surface area (Å²) >= 11 is 0. The number of hydrogen-bond donors (Lipinski definition) is 0. The van der Waals surface area contributed by atoms with Gasteiger partial charge in [-0.25, -0.2) is 9.97 Å². The highest BCUT2D eigenvalue weighted by atomic mass is 15.2. The zero-order chi connectivity index (χ0) is 36.4. The van der Waals surface area contributed by atoms with E-state index in [9.17, 15) is 0 Å². The fourth-order valence-electron chi connectivity index (χ4n) is 9.31. The van der Waals surface area contributed by atoms with Gasteiger partial charge in [0.05, 0.1) is 27.6 Å². The predicted octanol–water partition coefficient (Wildman–Crippen LogP) is 12.9. The fraction of sp³-hybridized carbons (Fsp3) is 0.0588. The second-order valence-corrected chi connectivity index (χ2v) is 15.5. The molecule has 12 rings (SSSR count). The van der Waals surface area contributed by atoms with E-state index in [-0.39, 0.29) is 5.41 Å². The van der Waals surface area contributed by atoms with Crippen LogP contribution >= 0.6 is 0 Å². The Bertz CT molecular complexity index is 3420. The minimum absolute atomic E-state index is 0.157. The van der Waals surface area contributed by atoms with Crippen molar-refractivity contribution in [1.29, 1.82) is 0 Å². The maximum absolute atomic E-state index is 5.39. The zero-order valence-corrected chi connectivity index (χ0v) is 30.5. The van der Waals surface area contributed by atoms with Crippen molar-refractivity contribution in [3.63, 3.8) is 0 Å². The van der Waals surface area contributed by atoms with Gasteiger partial charge in [-0.05, 0) is 110 Å². The molecule has 4 heteroatoms. The van der Waals surface area contributed by atoms with Gasteiger partial charge in [0.1, 0.15) is 5.65 Å². The number of aromatic nitrogens is 4. The molecule has 3 heterocycles. The van der Waals surface area contributed by atoms with Crippen LogP contribution < -0.4 is 0 Å². The predicted molar refractivity (Wildman–Crippen MR) is 228 cm³/mol. The summed E-state index contributed by atoms with van der Waals surface area (Å²) in [5, 5.41) is 5.97. The fourth-order valence-corrected chi connectivity index (χ4v) is 9.31. The summed E-state index contributed by atoms with van der Waals surface area (Å²) in [5.74, 6) is 0.832. The summed E-state index contributed by atoms with van der Waals surface area (Å²) in [5.41, 5.74) is 16.2. The van der Waals surface area contributed by atoms with Gasteiger partial charge in [0, 0.05) is 21.6 Å². The third kappa shape index (κ3) is 4.28. The number of imidazole rings is 1. The van der Waals surface area contributed by atoms with Crippen LogP contribution in [0.4, 0.5) is 0 Å². The lowest BCUT2D eigenvalue weighted by Gasteiger charge is -2.22. The molecule has 0 N–H and O–H groups in total. The highest BCUT2D eigenvalue weighted by molar-refractivity contribution is 6.10. The molecule has 0 atom stereocenters. The average molecular weight is 703 g/mol. The maximum atomic E-state index is 5.39. The molecule has 0 spiro atoms. The van der Waals surface area contributed by atoms with Gasteiger partial charge in [0.2, 0.25) is 5.95 Å². The van der Waals surface area contributed by atoms with Crippen molar-refractivity contribution >= 4 is 60.2 Å². The monoisotopic (exact) mass is 702 g/mol. The van der Waals surface area contributed by atoms with Crippen LogP contribution in [-0.2, 0) is 5.41 Å². The highest BCUT2D eigenvalue weighted by Gasteiger charge is 2.36. The molecule has 0 saturated heterocycles. The number of benzene rings is 8. The molecule has 0 unspecified atom stereocenters. The van der Waals surface area contributed by atoms with Crippen molar-refractivity contribution in [2.45, 2.75) is 19.3 Å². The number of fused-ring (bicyclic) bond motifs is 12. The Morgan fingerprint density at radius 3 is 1.76 bits per heavy atom. The molecule has 0 fully saturated rings. The minimum Gasteiger partial charge on any atom is -0.279 e. The number of para-hydroxylation sites is 4. The normalized spacial score (nSPS) is 13.4. The van der Waals surface area contributed by atoms with Crippen molar-refractivity contribution in [2.75, 3.05) is 0 Å². The highest BCUT2D eigenvalue weighted by Crippen LogP contribution is 2.51. The lowest BCUT2D eigenvalue weighted by Crippen LogP contribution is -2.15. The molecule has 0 amide bonds. The smallest absolute Gasteiger partial charge is 0.221 e. The molecule has 55 heavy (non-hydrogen) atoms. The first-order valence-corrected chi connectivity index (χ1v) is 19.0. The average Bonchev–Trinajstić information content (AvgIpc) is 3.86. The Morgan fingerprint density at radius 1 is 0.418 bits per heavy atom. The molecule has 3 aromatic heterocycles. The van der Waals surface area contributed by atoms with Crippen LogP contribution in [-0.4, -0.2) is 18.9 Å². The van der Waals surface area contributed by atoms with Crippen LogP contribution in [0.5, 0.6) is 0 Å². The molecule has 0 radical (unpaired) electrons. The van der Waals surface area contributed by atoms with Crippen LogP contribution in [0.15, 0.2) is 170 Å². The standard InChI is InChI=1S/C51H34N4/c1-51(2)42-28-34(33-20-19-31-11-3-4-12-32(31)27-33)21-24-37(42)38-25-22-35(29-43(38)51)36-23-26-40-39-13-6-9-17-46(39)54(48(40)30-36)50-53-44-15-7-5-14-41(44)49-52-45-16-8-10-18-47(45)55(49)50/h3-30H,1-2H3. The Kier molecular flexibility index (Phi) is 6.09. The first-order valence-electron chi connectivity index (χ1n) is 19.0. The summed E-state index contributed by atoms with van der Waals surface area (Å²) < 4.78 is 4.57. The largest absolute Gasteiger partial charge is 0.279 e. The molecule has 11 aromatic rings. The summed E-state index contributed by atoms with van der Waals surface area (Å²) in [6.45, 7) is 4.75. The van der Waals surface area contributed by atoms with Crippen molar-refractivity contribution in [3.8, 4) is 39.3 Å². The molecule has 0 aliphatic heterocycles. The summed E-state index contributed by atoms with van der Waals surface area (Å²) in [6.07, 6.45) is 0. The SMILES string of the molecule is CC1(C)c2cc(-c3ccc4ccccc4c3)ccc2-c2ccc(-c3ccc4c5ccccc5n(-c5nc6ccccc6c6nc7ccccc7n56)c4c3)cc21.